The van der Waals surface area contributed by atoms with E-state index in [1.807, 2.05) is 44.2 Å². The Labute approximate surface area is 86.1 Å². The predicted molar refractivity (Wildman–Crippen MR) is 59.3 cm³/mol. The van der Waals surface area contributed by atoms with Gasteiger partial charge in [0.05, 0.1) is 5.41 Å². The minimum Gasteiger partial charge on any atom is -0.302 e. The smallest absolute Gasteiger partial charge is 0.130 e. The van der Waals surface area contributed by atoms with E-state index >= 15 is 0 Å². The second-order valence-corrected chi connectivity index (χ2v) is 3.63. The average molecular weight is 190 g/mol. The largest absolute Gasteiger partial charge is 0.302 e. The molecule has 1 nitrogen and oxygen atoms in total. The number of benzene rings is 1. The number of rotatable bonds is 2. The van der Waals surface area contributed by atoms with Crippen molar-refractivity contribution < 1.29 is 4.79 Å². The van der Waals surface area contributed by atoms with Crippen LogP contribution in [0.1, 0.15) is 32.8 Å². The van der Waals surface area contributed by atoms with Crippen LogP contribution < -0.4 is 0 Å². The van der Waals surface area contributed by atoms with Gasteiger partial charge in [0.25, 0.3) is 0 Å². The van der Waals surface area contributed by atoms with Crippen LogP contribution >= 0.6 is 0 Å². The van der Waals surface area contributed by atoms with Crippen LogP contribution in [0.15, 0.2) is 30.3 Å². The summed E-state index contributed by atoms with van der Waals surface area (Å²) in [6, 6.07) is 10.0. The molecule has 1 aliphatic rings. The average Bonchev–Trinajstić information content (AvgIpc) is 2.95. The van der Waals surface area contributed by atoms with Gasteiger partial charge in [0, 0.05) is 0 Å². The molecule has 1 heteroatoms. The third-order valence-electron chi connectivity index (χ3n) is 2.88. The van der Waals surface area contributed by atoms with Crippen molar-refractivity contribution in [3.05, 3.63) is 35.9 Å². The summed E-state index contributed by atoms with van der Waals surface area (Å²) in [7, 11) is 0. The fraction of sp³-hybridized carbons (Fsp3) is 0.462. The van der Waals surface area contributed by atoms with Gasteiger partial charge in [-0.2, -0.15) is 0 Å². The molecule has 1 aromatic carbocycles. The molecular formula is C13H18O. The monoisotopic (exact) mass is 190 g/mol. The summed E-state index contributed by atoms with van der Waals surface area (Å²) in [4.78, 5) is 10.9. The first kappa shape index (κ1) is 11.0. The molecule has 0 radical (unpaired) electrons. The third-order valence-corrected chi connectivity index (χ3v) is 2.88. The third kappa shape index (κ3) is 1.72. The number of carbonyl (C=O) groups excluding carboxylic acids is 1. The van der Waals surface area contributed by atoms with Gasteiger partial charge in [-0.3, -0.25) is 0 Å². The van der Waals surface area contributed by atoms with Crippen LogP contribution in [0.2, 0.25) is 0 Å². The Morgan fingerprint density at radius 2 is 1.79 bits per heavy atom. The SMILES string of the molecule is CC.CC1CC1(C=O)c1ccccc1. The molecule has 2 unspecified atom stereocenters. The van der Waals surface area contributed by atoms with Crippen molar-refractivity contribution in [1.82, 2.24) is 0 Å². The van der Waals surface area contributed by atoms with E-state index in [1.54, 1.807) is 0 Å². The lowest BCUT2D eigenvalue weighted by atomic mass is 9.95. The highest BCUT2D eigenvalue weighted by molar-refractivity contribution is 5.74. The van der Waals surface area contributed by atoms with Crippen LogP contribution in [-0.2, 0) is 10.2 Å². The predicted octanol–water partition coefficient (Wildman–Crippen LogP) is 3.19. The first-order chi connectivity index (χ1) is 6.79. The molecular weight excluding hydrogens is 172 g/mol. The van der Waals surface area contributed by atoms with Crippen molar-refractivity contribution in [3.8, 4) is 0 Å². The number of hydrogen-bond acceptors (Lipinski definition) is 1. The van der Waals surface area contributed by atoms with Crippen LogP contribution in [-0.4, -0.2) is 6.29 Å². The molecule has 0 heterocycles. The zero-order chi connectivity index (χ0) is 10.6. The summed E-state index contributed by atoms with van der Waals surface area (Å²) < 4.78 is 0. The molecule has 0 bridgehead atoms. The Kier molecular flexibility index (Phi) is 3.45. The van der Waals surface area contributed by atoms with Gasteiger partial charge in [-0.05, 0) is 17.9 Å². The van der Waals surface area contributed by atoms with Crippen LogP contribution in [0.4, 0.5) is 0 Å². The van der Waals surface area contributed by atoms with Crippen LogP contribution in [0.5, 0.6) is 0 Å². The van der Waals surface area contributed by atoms with Crippen LogP contribution in [0.3, 0.4) is 0 Å². The van der Waals surface area contributed by atoms with Gasteiger partial charge in [0.1, 0.15) is 6.29 Å². The van der Waals surface area contributed by atoms with Gasteiger partial charge in [0.15, 0.2) is 0 Å². The standard InChI is InChI=1S/C11H12O.C2H6/c1-9-7-11(9,8-12)10-5-3-2-4-6-10;1-2/h2-6,8-9H,7H2,1H3;1-2H3. The fourth-order valence-corrected chi connectivity index (χ4v) is 1.83. The van der Waals surface area contributed by atoms with Crippen molar-refractivity contribution >= 4 is 6.29 Å². The van der Waals surface area contributed by atoms with Crippen molar-refractivity contribution in [1.29, 1.82) is 0 Å². The van der Waals surface area contributed by atoms with Crippen molar-refractivity contribution in [2.45, 2.75) is 32.6 Å². The van der Waals surface area contributed by atoms with E-state index < -0.39 is 0 Å². The Bertz CT molecular complexity index is 291. The van der Waals surface area contributed by atoms with E-state index in [-0.39, 0.29) is 5.41 Å². The summed E-state index contributed by atoms with van der Waals surface area (Å²) in [5, 5.41) is 0. The molecule has 0 spiro atoms. The zero-order valence-corrected chi connectivity index (χ0v) is 9.16. The first-order valence-electron chi connectivity index (χ1n) is 5.31. The summed E-state index contributed by atoms with van der Waals surface area (Å²) in [6.07, 6.45) is 2.12. The highest BCUT2D eigenvalue weighted by atomic mass is 16.1. The highest BCUT2D eigenvalue weighted by Gasteiger charge is 2.52. The lowest BCUT2D eigenvalue weighted by Gasteiger charge is -2.07. The number of aldehydes is 1. The molecule has 1 aliphatic carbocycles. The summed E-state index contributed by atoms with van der Waals surface area (Å²) >= 11 is 0. The molecule has 0 amide bonds. The van der Waals surface area contributed by atoms with E-state index in [4.69, 9.17) is 0 Å². The maximum atomic E-state index is 10.9. The molecule has 2 rings (SSSR count). The Morgan fingerprint density at radius 1 is 1.29 bits per heavy atom. The summed E-state index contributed by atoms with van der Waals surface area (Å²) in [5.41, 5.74) is 1.04. The Hall–Kier alpha value is -1.11. The molecule has 0 N–H and O–H groups in total. The molecule has 1 saturated carbocycles. The van der Waals surface area contributed by atoms with Crippen molar-refractivity contribution in [2.75, 3.05) is 0 Å². The molecule has 1 fully saturated rings. The van der Waals surface area contributed by atoms with Gasteiger partial charge >= 0.3 is 0 Å². The fourth-order valence-electron chi connectivity index (χ4n) is 1.83. The van der Waals surface area contributed by atoms with E-state index in [0.717, 1.165) is 12.7 Å². The number of carbonyl (C=O) groups is 1. The molecule has 0 saturated heterocycles. The lowest BCUT2D eigenvalue weighted by Crippen LogP contribution is -2.10. The van der Waals surface area contributed by atoms with Gasteiger partial charge < -0.3 is 4.79 Å². The maximum absolute atomic E-state index is 10.9. The van der Waals surface area contributed by atoms with Crippen LogP contribution in [0, 0.1) is 5.92 Å². The van der Waals surface area contributed by atoms with Crippen molar-refractivity contribution in [2.24, 2.45) is 5.92 Å². The van der Waals surface area contributed by atoms with Gasteiger partial charge in [0.2, 0.25) is 0 Å². The minimum absolute atomic E-state index is 0.138. The molecule has 76 valence electrons. The van der Waals surface area contributed by atoms with Gasteiger partial charge in [-0.15, -0.1) is 0 Å². The van der Waals surface area contributed by atoms with Gasteiger partial charge in [-0.1, -0.05) is 51.1 Å². The summed E-state index contributed by atoms with van der Waals surface area (Å²) in [5.74, 6) is 0.525. The van der Waals surface area contributed by atoms with E-state index in [2.05, 4.69) is 6.92 Å². The molecule has 14 heavy (non-hydrogen) atoms. The zero-order valence-electron chi connectivity index (χ0n) is 9.16. The second kappa shape index (κ2) is 4.41. The van der Waals surface area contributed by atoms with E-state index in [1.165, 1.54) is 5.56 Å². The second-order valence-electron chi connectivity index (χ2n) is 3.63. The summed E-state index contributed by atoms with van der Waals surface area (Å²) in [6.45, 7) is 6.13. The van der Waals surface area contributed by atoms with Gasteiger partial charge in [-0.25, -0.2) is 0 Å². The lowest BCUT2D eigenvalue weighted by molar-refractivity contribution is -0.110. The quantitative estimate of drug-likeness (QED) is 0.654. The highest BCUT2D eigenvalue weighted by Crippen LogP contribution is 2.52. The normalized spacial score (nSPS) is 28.6. The van der Waals surface area contributed by atoms with Crippen molar-refractivity contribution in [3.63, 3.8) is 0 Å². The molecule has 1 aromatic rings. The Balaban J connectivity index is 0.000000461. The minimum atomic E-state index is -0.138. The van der Waals surface area contributed by atoms with Crippen LogP contribution in [0.25, 0.3) is 0 Å². The molecule has 0 aromatic heterocycles. The Morgan fingerprint density at radius 3 is 2.14 bits per heavy atom. The van der Waals surface area contributed by atoms with E-state index in [0.29, 0.717) is 5.92 Å². The topological polar surface area (TPSA) is 17.1 Å². The molecule has 0 aliphatic heterocycles. The first-order valence-corrected chi connectivity index (χ1v) is 5.31. The van der Waals surface area contributed by atoms with E-state index in [9.17, 15) is 4.79 Å². The number of hydrogen-bond donors (Lipinski definition) is 0. The maximum Gasteiger partial charge on any atom is 0.130 e. The molecule has 2 atom stereocenters.